The molecule has 142 valence electrons. The minimum atomic E-state index is -4.30. The van der Waals surface area contributed by atoms with Crippen molar-refractivity contribution < 1.29 is 18.0 Å². The van der Waals surface area contributed by atoms with E-state index in [0.29, 0.717) is 5.69 Å². The van der Waals surface area contributed by atoms with E-state index in [1.54, 1.807) is 48.0 Å². The molecule has 0 amide bonds. The third kappa shape index (κ3) is 4.57. The molecule has 27 heavy (non-hydrogen) atoms. The average Bonchev–Trinajstić information content (AvgIpc) is 3.32. The van der Waals surface area contributed by atoms with Crippen LogP contribution in [0.5, 0.6) is 0 Å². The third-order valence-corrected chi connectivity index (χ3v) is 5.04. The van der Waals surface area contributed by atoms with Crippen LogP contribution in [0.2, 0.25) is 0 Å². The summed E-state index contributed by atoms with van der Waals surface area (Å²) < 4.78 is 40.0. The number of hydrogen-bond donors (Lipinski definition) is 0. The summed E-state index contributed by atoms with van der Waals surface area (Å²) >= 11 is 1.45. The molecule has 0 spiro atoms. The van der Waals surface area contributed by atoms with Crippen LogP contribution < -0.4 is 4.90 Å². The summed E-state index contributed by atoms with van der Waals surface area (Å²) in [4.78, 5) is 18.7. The van der Waals surface area contributed by atoms with Gasteiger partial charge in [-0.3, -0.25) is 9.36 Å². The summed E-state index contributed by atoms with van der Waals surface area (Å²) in [6, 6.07) is 11.6. The topological polar surface area (TPSA) is 38.1 Å². The lowest BCUT2D eigenvalue weighted by molar-refractivity contribution is -0.132. The van der Waals surface area contributed by atoms with Gasteiger partial charge in [0.05, 0.1) is 12.5 Å². The van der Waals surface area contributed by atoms with E-state index in [4.69, 9.17) is 0 Å². The molecule has 1 atom stereocenters. The van der Waals surface area contributed by atoms with Crippen molar-refractivity contribution in [1.82, 2.24) is 9.55 Å². The highest BCUT2D eigenvalue weighted by molar-refractivity contribution is 7.12. The second-order valence-electron chi connectivity index (χ2n) is 6.01. The zero-order valence-electron chi connectivity index (χ0n) is 14.6. The number of thiophene rings is 1. The highest BCUT2D eigenvalue weighted by atomic mass is 32.1. The predicted octanol–water partition coefficient (Wildman–Crippen LogP) is 4.96. The van der Waals surface area contributed by atoms with Crippen LogP contribution in [0.4, 0.5) is 18.9 Å². The molecule has 0 aliphatic heterocycles. The lowest BCUT2D eigenvalue weighted by Crippen LogP contribution is -2.42. The molecule has 2 aromatic heterocycles. The highest BCUT2D eigenvalue weighted by Gasteiger charge is 2.32. The lowest BCUT2D eigenvalue weighted by atomic mass is 10.1. The Morgan fingerprint density at radius 2 is 1.96 bits per heavy atom. The van der Waals surface area contributed by atoms with Gasteiger partial charge in [0.15, 0.2) is 5.82 Å². The first kappa shape index (κ1) is 19.2. The molecule has 0 unspecified atom stereocenters. The number of benzene rings is 1. The number of Topliss-reactive ketones (excluding diaryl/α,β-unsaturated/α-hetero) is 1. The monoisotopic (exact) mass is 393 g/mol. The van der Waals surface area contributed by atoms with Crippen molar-refractivity contribution >= 4 is 22.8 Å². The molecule has 0 bridgehead atoms. The number of para-hydroxylation sites is 1. The second-order valence-corrected chi connectivity index (χ2v) is 6.93. The van der Waals surface area contributed by atoms with Crippen LogP contribution >= 0.6 is 11.3 Å². The molecule has 3 rings (SSSR count). The Morgan fingerprint density at radius 3 is 2.59 bits per heavy atom. The fourth-order valence-corrected chi connectivity index (χ4v) is 3.53. The first-order chi connectivity index (χ1) is 12.9. The summed E-state index contributed by atoms with van der Waals surface area (Å²) in [5, 5.41) is 2.71. The number of anilines is 1. The number of carbonyl (C=O) groups is 1. The number of halogens is 3. The van der Waals surface area contributed by atoms with Gasteiger partial charge in [0.25, 0.3) is 0 Å². The molecule has 0 fully saturated rings. The van der Waals surface area contributed by atoms with E-state index in [9.17, 15) is 18.0 Å². The van der Waals surface area contributed by atoms with Crippen molar-refractivity contribution in [2.45, 2.75) is 25.6 Å². The summed E-state index contributed by atoms with van der Waals surface area (Å²) in [5.41, 5.74) is 0.567. The van der Waals surface area contributed by atoms with Gasteiger partial charge in [0.1, 0.15) is 5.00 Å². The van der Waals surface area contributed by atoms with Gasteiger partial charge in [-0.15, -0.1) is 11.3 Å². The zero-order valence-corrected chi connectivity index (χ0v) is 15.4. The first-order valence-electron chi connectivity index (χ1n) is 8.37. The minimum Gasteiger partial charge on any atom is -0.361 e. The molecular formula is C19H18F3N3OS. The van der Waals surface area contributed by atoms with E-state index >= 15 is 0 Å². The van der Waals surface area contributed by atoms with Gasteiger partial charge >= 0.3 is 6.18 Å². The highest BCUT2D eigenvalue weighted by Crippen LogP contribution is 2.25. The Balaban J connectivity index is 1.89. The molecule has 8 heteroatoms. The fourth-order valence-electron chi connectivity index (χ4n) is 2.81. The van der Waals surface area contributed by atoms with E-state index in [-0.39, 0.29) is 18.2 Å². The maximum absolute atomic E-state index is 13.1. The Morgan fingerprint density at radius 1 is 1.22 bits per heavy atom. The number of hydrogen-bond acceptors (Lipinski definition) is 4. The largest absolute Gasteiger partial charge is 0.390 e. The van der Waals surface area contributed by atoms with Crippen LogP contribution in [0, 0.1) is 0 Å². The van der Waals surface area contributed by atoms with Gasteiger partial charge in [-0.1, -0.05) is 18.2 Å². The quantitative estimate of drug-likeness (QED) is 0.532. The van der Waals surface area contributed by atoms with E-state index < -0.39 is 18.6 Å². The standard InChI is InChI=1S/C19H18F3N3OS/c1-14(17(26)18-23-10-12-25(18)16-8-5-13-27-16)24(11-9-19(20,21)22)15-6-3-2-4-7-15/h2-8,10,12-14H,9,11H2,1H3/t14-/m0/s1. The van der Waals surface area contributed by atoms with E-state index in [0.717, 1.165) is 5.00 Å². The van der Waals surface area contributed by atoms with Crippen molar-refractivity contribution in [3.8, 4) is 5.00 Å². The average molecular weight is 393 g/mol. The normalized spacial score (nSPS) is 12.7. The van der Waals surface area contributed by atoms with Crippen LogP contribution in [-0.4, -0.2) is 34.1 Å². The zero-order chi connectivity index (χ0) is 19.4. The van der Waals surface area contributed by atoms with Gasteiger partial charge in [-0.25, -0.2) is 4.98 Å². The second kappa shape index (κ2) is 7.96. The third-order valence-electron chi connectivity index (χ3n) is 4.18. The van der Waals surface area contributed by atoms with Crippen molar-refractivity contribution in [2.24, 2.45) is 0 Å². The Kier molecular flexibility index (Phi) is 5.65. The molecular weight excluding hydrogens is 375 g/mol. The summed E-state index contributed by atoms with van der Waals surface area (Å²) in [6.45, 7) is 1.30. The number of aromatic nitrogens is 2. The van der Waals surface area contributed by atoms with E-state index in [1.807, 2.05) is 17.5 Å². The maximum Gasteiger partial charge on any atom is 0.390 e. The smallest absolute Gasteiger partial charge is 0.361 e. The van der Waals surface area contributed by atoms with Crippen molar-refractivity contribution in [1.29, 1.82) is 0 Å². The molecule has 0 aliphatic carbocycles. The molecule has 0 saturated carbocycles. The molecule has 0 saturated heterocycles. The van der Waals surface area contributed by atoms with E-state index in [1.165, 1.54) is 22.4 Å². The van der Waals surface area contributed by atoms with Crippen molar-refractivity contribution in [2.75, 3.05) is 11.4 Å². The van der Waals surface area contributed by atoms with Crippen molar-refractivity contribution in [3.63, 3.8) is 0 Å². The molecule has 0 N–H and O–H groups in total. The Labute approximate surface area is 158 Å². The van der Waals surface area contributed by atoms with E-state index in [2.05, 4.69) is 4.98 Å². The molecule has 2 heterocycles. The minimum absolute atomic E-state index is 0.206. The van der Waals surface area contributed by atoms with Crippen LogP contribution in [0.3, 0.4) is 0 Å². The SMILES string of the molecule is C[C@@H](C(=O)c1nccn1-c1cccs1)N(CCC(F)(F)F)c1ccccc1. The first-order valence-corrected chi connectivity index (χ1v) is 9.24. The van der Waals surface area contributed by atoms with Gasteiger partial charge in [0, 0.05) is 24.6 Å². The fraction of sp³-hybridized carbons (Fsp3) is 0.263. The number of rotatable bonds is 7. The van der Waals surface area contributed by atoms with Gasteiger partial charge in [-0.05, 0) is 36.6 Å². The van der Waals surface area contributed by atoms with Crippen LogP contribution in [0.15, 0.2) is 60.2 Å². The number of ketones is 1. The number of nitrogens with zero attached hydrogens (tertiary/aromatic N) is 3. The summed E-state index contributed by atoms with van der Waals surface area (Å²) in [7, 11) is 0. The lowest BCUT2D eigenvalue weighted by Gasteiger charge is -2.30. The van der Waals surface area contributed by atoms with Crippen LogP contribution in [0.1, 0.15) is 24.0 Å². The number of alkyl halides is 3. The maximum atomic E-state index is 13.1. The Bertz CT molecular complexity index is 875. The van der Waals surface area contributed by atoms with Gasteiger partial charge < -0.3 is 4.90 Å². The summed E-state index contributed by atoms with van der Waals surface area (Å²) in [5.74, 6) is -0.127. The molecule has 1 aromatic carbocycles. The predicted molar refractivity (Wildman–Crippen MR) is 99.7 cm³/mol. The number of carbonyl (C=O) groups excluding carboxylic acids is 1. The van der Waals surface area contributed by atoms with Gasteiger partial charge in [0.2, 0.25) is 5.78 Å². The van der Waals surface area contributed by atoms with Crippen LogP contribution in [0.25, 0.3) is 5.00 Å². The van der Waals surface area contributed by atoms with Crippen molar-refractivity contribution in [3.05, 3.63) is 66.1 Å². The number of imidazole rings is 1. The molecule has 0 radical (unpaired) electrons. The summed E-state index contributed by atoms with van der Waals surface area (Å²) in [6.07, 6.45) is -2.11. The molecule has 3 aromatic rings. The molecule has 4 nitrogen and oxygen atoms in total. The molecule has 0 aliphatic rings. The van der Waals surface area contributed by atoms with Crippen LogP contribution in [-0.2, 0) is 0 Å². The Hall–Kier alpha value is -2.61. The van der Waals surface area contributed by atoms with Gasteiger partial charge in [-0.2, -0.15) is 13.2 Å².